The van der Waals surface area contributed by atoms with E-state index in [0.29, 0.717) is 30.9 Å². The first-order valence-corrected chi connectivity index (χ1v) is 13.4. The summed E-state index contributed by atoms with van der Waals surface area (Å²) in [5.41, 5.74) is 4.34. The molecule has 3 aromatic rings. The first kappa shape index (κ1) is 38.2. The van der Waals surface area contributed by atoms with Crippen molar-refractivity contribution in [3.63, 3.8) is 0 Å². The van der Waals surface area contributed by atoms with Crippen molar-refractivity contribution in [2.75, 3.05) is 20.1 Å². The molecule has 0 radical (unpaired) electrons. The van der Waals surface area contributed by atoms with E-state index in [0.717, 1.165) is 28.7 Å². The van der Waals surface area contributed by atoms with Crippen LogP contribution in [-0.2, 0) is 21.0 Å². The van der Waals surface area contributed by atoms with Crippen molar-refractivity contribution in [2.24, 2.45) is 0 Å². The van der Waals surface area contributed by atoms with Gasteiger partial charge in [0.15, 0.2) is 0 Å². The smallest absolute Gasteiger partial charge is 0.489 e. The number of benzene rings is 2. The minimum Gasteiger partial charge on any atom is -0.489 e. The van der Waals surface area contributed by atoms with Gasteiger partial charge in [-0.05, 0) is 56.8 Å². The van der Waals surface area contributed by atoms with Gasteiger partial charge in [-0.15, -0.1) is 0 Å². The molecule has 256 valence electrons. The van der Waals surface area contributed by atoms with Crippen molar-refractivity contribution in [3.05, 3.63) is 71.4 Å². The number of carboxylic acids is 2. The molecule has 0 spiro atoms. The predicted molar refractivity (Wildman–Crippen MR) is 151 cm³/mol. The summed E-state index contributed by atoms with van der Waals surface area (Å²) in [6.07, 6.45) is -9.52. The van der Waals surface area contributed by atoms with Gasteiger partial charge in [0.25, 0.3) is 5.91 Å². The summed E-state index contributed by atoms with van der Waals surface area (Å²) < 4.78 is 69.4. The topological polar surface area (TPSA) is 178 Å². The lowest BCUT2D eigenvalue weighted by Crippen LogP contribution is -2.52. The van der Waals surface area contributed by atoms with E-state index in [1.807, 2.05) is 49.2 Å². The highest BCUT2D eigenvalue weighted by Crippen LogP contribution is 2.25. The summed E-state index contributed by atoms with van der Waals surface area (Å²) in [6.45, 7) is 3.64. The molecule has 1 fully saturated rings. The zero-order chi connectivity index (χ0) is 35.6. The Kier molecular flexibility index (Phi) is 13.0. The number of carbonyl (C=O) groups excluding carboxylic acids is 2. The number of ether oxygens (including phenoxy) is 1. The summed E-state index contributed by atoms with van der Waals surface area (Å²) in [7, 11) is 1.93. The predicted octanol–water partition coefficient (Wildman–Crippen LogP) is 4.09. The van der Waals surface area contributed by atoms with Crippen molar-refractivity contribution < 1.29 is 65.7 Å². The first-order valence-electron chi connectivity index (χ1n) is 13.4. The lowest BCUT2D eigenvalue weighted by atomic mass is 9.93. The van der Waals surface area contributed by atoms with Gasteiger partial charge >= 0.3 is 24.3 Å². The molecule has 0 saturated carbocycles. The number of nitrogens with zero attached hydrogens (tertiary/aromatic N) is 2. The van der Waals surface area contributed by atoms with Gasteiger partial charge in [0.2, 0.25) is 5.91 Å². The van der Waals surface area contributed by atoms with Crippen LogP contribution in [0.15, 0.2) is 54.6 Å². The molecule has 12 nitrogen and oxygen atoms in total. The fraction of sp³-hybridized carbons (Fsp3) is 0.345. The van der Waals surface area contributed by atoms with Gasteiger partial charge in [0.05, 0.1) is 17.5 Å². The minimum atomic E-state index is -5.08. The third kappa shape index (κ3) is 12.0. The zero-order valence-electron chi connectivity index (χ0n) is 24.8. The van der Waals surface area contributed by atoms with Crippen molar-refractivity contribution in [1.29, 1.82) is 0 Å². The number of carbonyl (C=O) groups is 4. The van der Waals surface area contributed by atoms with Gasteiger partial charge in [-0.25, -0.2) is 15.1 Å². The number of alkyl halides is 6. The maximum atomic E-state index is 12.9. The van der Waals surface area contributed by atoms with Crippen molar-refractivity contribution in [1.82, 2.24) is 20.7 Å². The van der Waals surface area contributed by atoms with Crippen LogP contribution in [0.2, 0.25) is 0 Å². The molecule has 2 amide bonds. The Balaban J connectivity index is 0.000000459. The van der Waals surface area contributed by atoms with E-state index in [9.17, 15) is 35.9 Å². The van der Waals surface area contributed by atoms with E-state index >= 15 is 0 Å². The van der Waals surface area contributed by atoms with Crippen LogP contribution in [0.1, 0.15) is 34.5 Å². The van der Waals surface area contributed by atoms with Gasteiger partial charge in [0.1, 0.15) is 12.4 Å². The van der Waals surface area contributed by atoms with Gasteiger partial charge in [0, 0.05) is 35.3 Å². The highest BCUT2D eigenvalue weighted by atomic mass is 19.4. The SMILES string of the molecule is Cc1cc(COc2ccc(C(=O)NC3(CC(=O)NO)CCN(C)C3)cc2)c2ccccc2n1.O=C(O)C(F)(F)F.O=C(O)C(F)(F)F. The summed E-state index contributed by atoms with van der Waals surface area (Å²) in [6, 6.07) is 16.9. The number of amides is 2. The maximum Gasteiger partial charge on any atom is 0.490 e. The molecule has 1 aliphatic heterocycles. The normalized spacial score (nSPS) is 16.2. The molecule has 1 atom stereocenters. The number of rotatable bonds is 7. The number of pyridine rings is 1. The average Bonchev–Trinajstić information content (AvgIpc) is 3.34. The number of likely N-dealkylation sites (tertiary alicyclic amines) is 1. The number of hydrogen-bond acceptors (Lipinski definition) is 8. The standard InChI is InChI=1S/C25H28N4O4.2C2HF3O2/c1-17-13-19(21-5-3-4-6-22(21)26-17)15-33-20-9-7-18(8-10-20)24(31)27-25(14-23(30)28-32)11-12-29(2)16-25;2*3-2(4,5)1(6)7/h3-10,13,32H,11-12,14-16H2,1-2H3,(H,27,31)(H,28,30);2*(H,6,7). The molecular weight excluding hydrogens is 646 g/mol. The fourth-order valence-electron chi connectivity index (χ4n) is 4.41. The largest absolute Gasteiger partial charge is 0.490 e. The van der Waals surface area contributed by atoms with Crippen molar-refractivity contribution in [2.45, 2.75) is 44.3 Å². The average molecular weight is 677 g/mol. The Morgan fingerprint density at radius 3 is 2.00 bits per heavy atom. The van der Waals surface area contributed by atoms with Gasteiger partial charge in [-0.1, -0.05) is 18.2 Å². The lowest BCUT2D eigenvalue weighted by Gasteiger charge is -2.29. The van der Waals surface area contributed by atoms with Crippen LogP contribution in [0.5, 0.6) is 5.75 Å². The van der Waals surface area contributed by atoms with Crippen LogP contribution in [-0.4, -0.2) is 87.1 Å². The van der Waals surface area contributed by atoms with E-state index in [1.54, 1.807) is 29.7 Å². The maximum absolute atomic E-state index is 12.9. The molecule has 0 aliphatic carbocycles. The molecule has 2 heterocycles. The summed E-state index contributed by atoms with van der Waals surface area (Å²) in [5, 5.41) is 27.2. The Hall–Kier alpha value is -4.97. The molecule has 4 rings (SSSR count). The molecule has 1 aromatic heterocycles. The highest BCUT2D eigenvalue weighted by molar-refractivity contribution is 5.95. The molecule has 5 N–H and O–H groups in total. The lowest BCUT2D eigenvalue weighted by molar-refractivity contribution is -0.193. The molecule has 18 heteroatoms. The second-order valence-corrected chi connectivity index (χ2v) is 10.3. The monoisotopic (exact) mass is 676 g/mol. The molecule has 0 bridgehead atoms. The summed E-state index contributed by atoms with van der Waals surface area (Å²) >= 11 is 0. The van der Waals surface area contributed by atoms with Crippen LogP contribution in [0.4, 0.5) is 26.3 Å². The Bertz CT molecular complexity index is 1540. The molecule has 1 saturated heterocycles. The Morgan fingerprint density at radius 2 is 1.51 bits per heavy atom. The third-order valence-electron chi connectivity index (χ3n) is 6.47. The summed E-state index contributed by atoms with van der Waals surface area (Å²) in [4.78, 5) is 49.1. The second kappa shape index (κ2) is 16.0. The van der Waals surface area contributed by atoms with Crippen LogP contribution >= 0.6 is 0 Å². The van der Waals surface area contributed by atoms with Crippen LogP contribution in [0.25, 0.3) is 10.9 Å². The Morgan fingerprint density at radius 1 is 0.957 bits per heavy atom. The number of nitrogens with one attached hydrogen (secondary N) is 2. The van der Waals surface area contributed by atoms with Crippen LogP contribution in [0, 0.1) is 6.92 Å². The van der Waals surface area contributed by atoms with Crippen molar-refractivity contribution >= 4 is 34.7 Å². The fourth-order valence-corrected chi connectivity index (χ4v) is 4.41. The molecular formula is C29H30F6N4O8. The number of para-hydroxylation sites is 1. The van der Waals surface area contributed by atoms with Gasteiger partial charge in [-0.3, -0.25) is 19.8 Å². The number of likely N-dealkylation sites (N-methyl/N-ethyl adjacent to an activating group) is 1. The molecule has 1 aliphatic rings. The Labute approximate surface area is 262 Å². The number of aromatic nitrogens is 1. The number of fused-ring (bicyclic) bond motifs is 1. The van der Waals surface area contributed by atoms with E-state index in [-0.39, 0.29) is 12.3 Å². The number of carboxylic acid groups (broad SMARTS) is 2. The molecule has 1 unspecified atom stereocenters. The van der Waals surface area contributed by atoms with Gasteiger partial charge in [-0.2, -0.15) is 26.3 Å². The quantitative estimate of drug-likeness (QED) is 0.139. The number of aryl methyl sites for hydroxylation is 1. The van der Waals surface area contributed by atoms with Crippen LogP contribution in [0.3, 0.4) is 0 Å². The number of hydrogen-bond donors (Lipinski definition) is 5. The highest BCUT2D eigenvalue weighted by Gasteiger charge is 2.40. The van der Waals surface area contributed by atoms with Crippen molar-refractivity contribution in [3.8, 4) is 5.75 Å². The first-order chi connectivity index (χ1) is 21.8. The molecule has 2 aromatic carbocycles. The minimum absolute atomic E-state index is 0.0140. The van der Waals surface area contributed by atoms with Gasteiger partial charge < -0.3 is 25.2 Å². The second-order valence-electron chi connectivity index (χ2n) is 10.3. The van der Waals surface area contributed by atoms with E-state index in [4.69, 9.17) is 29.7 Å². The number of halogens is 6. The van der Waals surface area contributed by atoms with E-state index in [2.05, 4.69) is 10.3 Å². The van der Waals surface area contributed by atoms with E-state index < -0.39 is 35.7 Å². The summed E-state index contributed by atoms with van der Waals surface area (Å²) in [5.74, 6) is -5.65. The van der Waals surface area contributed by atoms with Crippen LogP contribution < -0.4 is 15.5 Å². The van der Waals surface area contributed by atoms with E-state index in [1.165, 1.54) is 0 Å². The zero-order valence-corrected chi connectivity index (χ0v) is 24.8. The third-order valence-corrected chi connectivity index (χ3v) is 6.47. The molecule has 47 heavy (non-hydrogen) atoms. The number of hydroxylamine groups is 1. The number of aliphatic carboxylic acids is 2.